The minimum atomic E-state index is -0.650. The van der Waals surface area contributed by atoms with Crippen molar-refractivity contribution in [1.82, 2.24) is 19.6 Å². The van der Waals surface area contributed by atoms with E-state index in [1.807, 2.05) is 20.8 Å². The number of rotatable bonds is 4. The maximum absolute atomic E-state index is 12.7. The van der Waals surface area contributed by atoms with Crippen molar-refractivity contribution in [2.24, 2.45) is 5.92 Å². The van der Waals surface area contributed by atoms with Crippen LogP contribution in [-0.2, 0) is 16.8 Å². The van der Waals surface area contributed by atoms with Crippen LogP contribution >= 0.6 is 0 Å². The van der Waals surface area contributed by atoms with Gasteiger partial charge in [0.25, 0.3) is 5.56 Å². The summed E-state index contributed by atoms with van der Waals surface area (Å²) in [6.45, 7) is 8.13. The van der Waals surface area contributed by atoms with Crippen molar-refractivity contribution >= 4 is 5.52 Å². The third-order valence-corrected chi connectivity index (χ3v) is 5.40. The smallest absolute Gasteiger partial charge is 0.277 e. The highest BCUT2D eigenvalue weighted by Crippen LogP contribution is 2.35. The predicted molar refractivity (Wildman–Crippen MR) is 93.4 cm³/mol. The zero-order chi connectivity index (χ0) is 17.5. The van der Waals surface area contributed by atoms with Gasteiger partial charge in [0.15, 0.2) is 11.3 Å². The van der Waals surface area contributed by atoms with E-state index in [-0.39, 0.29) is 5.56 Å². The molecular formula is C18H28N4O2. The number of ether oxygens (including phenoxy) is 1. The second kappa shape index (κ2) is 6.31. The fourth-order valence-corrected chi connectivity index (χ4v) is 3.49. The van der Waals surface area contributed by atoms with Crippen molar-refractivity contribution in [2.45, 2.75) is 71.3 Å². The number of aryl methyl sites for hydroxylation is 1. The van der Waals surface area contributed by atoms with Crippen LogP contribution in [0.5, 0.6) is 0 Å². The van der Waals surface area contributed by atoms with Crippen LogP contribution in [0.4, 0.5) is 0 Å². The summed E-state index contributed by atoms with van der Waals surface area (Å²) >= 11 is 0. The highest BCUT2D eigenvalue weighted by Gasteiger charge is 2.29. The van der Waals surface area contributed by atoms with Gasteiger partial charge in [-0.2, -0.15) is 0 Å². The molecule has 6 heteroatoms. The fraction of sp³-hybridized carbons (Fsp3) is 0.722. The molecule has 1 aliphatic carbocycles. The van der Waals surface area contributed by atoms with E-state index >= 15 is 0 Å². The number of methoxy groups -OCH3 is 1. The van der Waals surface area contributed by atoms with Crippen LogP contribution < -0.4 is 5.56 Å². The van der Waals surface area contributed by atoms with E-state index in [0.29, 0.717) is 17.3 Å². The van der Waals surface area contributed by atoms with Crippen LogP contribution in [0, 0.1) is 5.92 Å². The molecule has 24 heavy (non-hydrogen) atoms. The first-order valence-electron chi connectivity index (χ1n) is 8.94. The summed E-state index contributed by atoms with van der Waals surface area (Å²) in [5.41, 5.74) is 0.633. The maximum Gasteiger partial charge on any atom is 0.277 e. The van der Waals surface area contributed by atoms with Gasteiger partial charge in [-0.3, -0.25) is 4.79 Å². The summed E-state index contributed by atoms with van der Waals surface area (Å²) in [4.78, 5) is 20.4. The molecule has 0 bridgehead atoms. The van der Waals surface area contributed by atoms with Crippen molar-refractivity contribution < 1.29 is 4.74 Å². The third kappa shape index (κ3) is 2.88. The standard InChI is InChI=1S/C18H28N4O2/c1-6-13-14-16(23)20-17(18(3,4)24-5)21-22(14)15(19-13)12-9-7-11(2)8-10-12/h11-12H,6-10H2,1-5H3,(H,20,21,23). The normalized spacial score (nSPS) is 22.2. The number of nitrogens with one attached hydrogen (secondary N) is 1. The Bertz CT molecular complexity index is 782. The van der Waals surface area contributed by atoms with Gasteiger partial charge in [-0.1, -0.05) is 26.7 Å². The number of aromatic nitrogens is 4. The van der Waals surface area contributed by atoms with Crippen molar-refractivity contribution in [2.75, 3.05) is 7.11 Å². The molecule has 0 aliphatic heterocycles. The lowest BCUT2D eigenvalue weighted by atomic mass is 9.83. The van der Waals surface area contributed by atoms with E-state index < -0.39 is 5.60 Å². The molecule has 3 rings (SSSR count). The first-order chi connectivity index (χ1) is 11.4. The van der Waals surface area contributed by atoms with Gasteiger partial charge in [0.05, 0.1) is 5.69 Å². The zero-order valence-electron chi connectivity index (χ0n) is 15.3. The molecule has 2 heterocycles. The molecule has 1 N–H and O–H groups in total. The van der Waals surface area contributed by atoms with Gasteiger partial charge >= 0.3 is 0 Å². The Hall–Kier alpha value is -1.69. The highest BCUT2D eigenvalue weighted by atomic mass is 16.5. The van der Waals surface area contributed by atoms with E-state index in [1.165, 1.54) is 12.8 Å². The topological polar surface area (TPSA) is 72.3 Å². The molecule has 0 spiro atoms. The van der Waals surface area contributed by atoms with Crippen molar-refractivity contribution in [3.05, 3.63) is 27.7 Å². The van der Waals surface area contributed by atoms with Crippen molar-refractivity contribution in [3.63, 3.8) is 0 Å². The quantitative estimate of drug-likeness (QED) is 0.933. The van der Waals surface area contributed by atoms with Crippen LogP contribution in [0.25, 0.3) is 5.52 Å². The molecule has 0 unspecified atom stereocenters. The second-order valence-corrected chi connectivity index (χ2v) is 7.50. The summed E-state index contributed by atoms with van der Waals surface area (Å²) in [7, 11) is 1.62. The van der Waals surface area contributed by atoms with E-state index in [1.54, 1.807) is 11.6 Å². The fourth-order valence-electron chi connectivity index (χ4n) is 3.49. The first-order valence-corrected chi connectivity index (χ1v) is 8.94. The highest BCUT2D eigenvalue weighted by molar-refractivity contribution is 5.51. The Labute approximate surface area is 142 Å². The minimum absolute atomic E-state index is 0.134. The third-order valence-electron chi connectivity index (χ3n) is 5.40. The van der Waals surface area contributed by atoms with Crippen molar-refractivity contribution in [3.8, 4) is 0 Å². The van der Waals surface area contributed by atoms with Crippen molar-refractivity contribution in [1.29, 1.82) is 0 Å². The van der Waals surface area contributed by atoms with Gasteiger partial charge in [0, 0.05) is 13.0 Å². The lowest BCUT2D eigenvalue weighted by Gasteiger charge is -2.25. The van der Waals surface area contributed by atoms with Gasteiger partial charge in [-0.15, -0.1) is 5.10 Å². The Morgan fingerprint density at radius 3 is 2.54 bits per heavy atom. The molecule has 0 atom stereocenters. The summed E-state index contributed by atoms with van der Waals surface area (Å²) in [6, 6.07) is 0. The van der Waals surface area contributed by atoms with Gasteiger partial charge in [-0.05, 0) is 39.0 Å². The van der Waals surface area contributed by atoms with Gasteiger partial charge in [0.2, 0.25) is 0 Å². The van der Waals surface area contributed by atoms with Crippen LogP contribution in [0.1, 0.15) is 76.6 Å². The Morgan fingerprint density at radius 2 is 1.96 bits per heavy atom. The molecule has 0 radical (unpaired) electrons. The number of imidazole rings is 1. The number of H-pyrrole nitrogens is 1. The van der Waals surface area contributed by atoms with E-state index in [9.17, 15) is 4.79 Å². The summed E-state index contributed by atoms with van der Waals surface area (Å²) in [5, 5.41) is 4.71. The first kappa shape index (κ1) is 17.1. The van der Waals surface area contributed by atoms with Crippen LogP contribution in [0.2, 0.25) is 0 Å². The molecule has 2 aromatic heterocycles. The number of nitrogens with zero attached hydrogens (tertiary/aromatic N) is 3. The van der Waals surface area contributed by atoms with Crippen LogP contribution in [0.15, 0.2) is 4.79 Å². The SMILES string of the molecule is CCc1nc(C2CCC(C)CC2)n2nc(C(C)(C)OC)[nH]c(=O)c12. The molecule has 0 aromatic carbocycles. The summed E-state index contributed by atoms with van der Waals surface area (Å²) in [5.74, 6) is 2.63. The molecule has 1 fully saturated rings. The Kier molecular flexibility index (Phi) is 4.51. The lowest BCUT2D eigenvalue weighted by Crippen LogP contribution is -2.29. The summed E-state index contributed by atoms with van der Waals surface area (Å²) < 4.78 is 7.28. The zero-order valence-corrected chi connectivity index (χ0v) is 15.3. The minimum Gasteiger partial charge on any atom is -0.371 e. The van der Waals surface area contributed by atoms with E-state index in [0.717, 1.165) is 36.7 Å². The molecule has 0 saturated heterocycles. The molecule has 1 aliphatic rings. The lowest BCUT2D eigenvalue weighted by molar-refractivity contribution is 0.0101. The molecule has 1 saturated carbocycles. The van der Waals surface area contributed by atoms with E-state index in [2.05, 4.69) is 11.9 Å². The average molecular weight is 332 g/mol. The molecular weight excluding hydrogens is 304 g/mol. The largest absolute Gasteiger partial charge is 0.371 e. The number of hydrogen-bond acceptors (Lipinski definition) is 4. The summed E-state index contributed by atoms with van der Waals surface area (Å²) in [6.07, 6.45) is 5.37. The second-order valence-electron chi connectivity index (χ2n) is 7.50. The number of fused-ring (bicyclic) bond motifs is 1. The van der Waals surface area contributed by atoms with Gasteiger partial charge in [-0.25, -0.2) is 9.50 Å². The monoisotopic (exact) mass is 332 g/mol. The Balaban J connectivity index is 2.17. The number of hydrogen-bond donors (Lipinski definition) is 1. The van der Waals surface area contributed by atoms with Crippen LogP contribution in [0.3, 0.4) is 0 Å². The molecule has 132 valence electrons. The van der Waals surface area contributed by atoms with E-state index in [4.69, 9.17) is 14.8 Å². The Morgan fingerprint density at radius 1 is 1.29 bits per heavy atom. The predicted octanol–water partition coefficient (Wildman–Crippen LogP) is 3.16. The number of aromatic amines is 1. The average Bonchev–Trinajstić information content (AvgIpc) is 2.95. The molecule has 2 aromatic rings. The van der Waals surface area contributed by atoms with Gasteiger partial charge < -0.3 is 9.72 Å². The molecule has 6 nitrogen and oxygen atoms in total. The van der Waals surface area contributed by atoms with Gasteiger partial charge in [0.1, 0.15) is 11.4 Å². The molecule has 0 amide bonds. The maximum atomic E-state index is 12.7. The van der Waals surface area contributed by atoms with Crippen LogP contribution in [-0.4, -0.2) is 26.7 Å².